The molecule has 0 saturated heterocycles. The number of hydrogen-bond acceptors (Lipinski definition) is 6. The zero-order valence-corrected chi connectivity index (χ0v) is 42.0. The molecule has 0 aromatic rings. The normalized spacial score (nSPS) is 12.6. The maximum absolute atomic E-state index is 12.8. The first-order valence-electron chi connectivity index (χ1n) is 26.9. The molecule has 1 atom stereocenters. The standard InChI is InChI=1S/C58H100O6/c1-4-7-10-13-16-19-22-25-27-28-29-30-32-34-37-40-43-46-49-52-58(61)64-55(53-62-56(59)50-47-44-41-38-35-24-21-18-15-12-9-6-3)54-63-57(60)51-48-45-42-39-36-33-31-26-23-20-17-14-11-8-5-2/h16-17,19-20,25-27,29-31,34,37,55H,4-15,18,21-24,28,32-33,35-36,38-54H2,1-3H3/b19-16-,20-17-,27-25-,30-29-,31-26-,37-34-/t55-/m0/s1. The molecule has 64 heavy (non-hydrogen) atoms. The van der Waals surface area contributed by atoms with Crippen molar-refractivity contribution in [2.45, 2.75) is 264 Å². The highest BCUT2D eigenvalue weighted by Gasteiger charge is 2.19. The first kappa shape index (κ1) is 60.9. The number of ether oxygens (including phenoxy) is 3. The van der Waals surface area contributed by atoms with Crippen molar-refractivity contribution in [3.63, 3.8) is 0 Å². The predicted molar refractivity (Wildman–Crippen MR) is 274 cm³/mol. The van der Waals surface area contributed by atoms with E-state index in [1.807, 2.05) is 0 Å². The molecule has 0 unspecified atom stereocenters. The van der Waals surface area contributed by atoms with Crippen LogP contribution in [0.3, 0.4) is 0 Å². The summed E-state index contributed by atoms with van der Waals surface area (Å²) in [6, 6.07) is 0. The minimum atomic E-state index is -0.796. The summed E-state index contributed by atoms with van der Waals surface area (Å²) in [5, 5.41) is 0. The van der Waals surface area contributed by atoms with Crippen LogP contribution < -0.4 is 0 Å². The molecule has 0 spiro atoms. The third-order valence-corrected chi connectivity index (χ3v) is 11.4. The highest BCUT2D eigenvalue weighted by molar-refractivity contribution is 5.71. The van der Waals surface area contributed by atoms with Gasteiger partial charge in [0.15, 0.2) is 6.10 Å². The summed E-state index contributed by atoms with van der Waals surface area (Å²) in [7, 11) is 0. The average molecular weight is 893 g/mol. The van der Waals surface area contributed by atoms with Crippen molar-refractivity contribution in [1.82, 2.24) is 0 Å². The Hall–Kier alpha value is -3.15. The molecule has 0 radical (unpaired) electrons. The van der Waals surface area contributed by atoms with Crippen LogP contribution >= 0.6 is 0 Å². The van der Waals surface area contributed by atoms with Gasteiger partial charge in [-0.1, -0.05) is 216 Å². The molecule has 0 N–H and O–H groups in total. The molecule has 0 saturated carbocycles. The van der Waals surface area contributed by atoms with E-state index in [4.69, 9.17) is 14.2 Å². The smallest absolute Gasteiger partial charge is 0.306 e. The van der Waals surface area contributed by atoms with Gasteiger partial charge in [0, 0.05) is 19.3 Å². The second-order valence-electron chi connectivity index (χ2n) is 17.8. The van der Waals surface area contributed by atoms with Gasteiger partial charge >= 0.3 is 17.9 Å². The maximum atomic E-state index is 12.8. The van der Waals surface area contributed by atoms with Gasteiger partial charge in [-0.15, -0.1) is 0 Å². The summed E-state index contributed by atoms with van der Waals surface area (Å²) >= 11 is 0. The van der Waals surface area contributed by atoms with Crippen molar-refractivity contribution in [1.29, 1.82) is 0 Å². The highest BCUT2D eigenvalue weighted by atomic mass is 16.6. The Balaban J connectivity index is 4.46. The molecule has 368 valence electrons. The average Bonchev–Trinajstić information content (AvgIpc) is 3.29. The number of hydrogen-bond donors (Lipinski definition) is 0. The molecule has 0 aliphatic heterocycles. The van der Waals surface area contributed by atoms with E-state index < -0.39 is 6.10 Å². The molecule has 0 aromatic heterocycles. The number of rotatable bonds is 48. The fraction of sp³-hybridized carbons (Fsp3) is 0.741. The van der Waals surface area contributed by atoms with Crippen LogP contribution in [0.4, 0.5) is 0 Å². The molecule has 6 nitrogen and oxygen atoms in total. The van der Waals surface area contributed by atoms with Gasteiger partial charge in [0.05, 0.1) is 0 Å². The molecule has 0 fully saturated rings. The predicted octanol–water partition coefficient (Wildman–Crippen LogP) is 17.8. The van der Waals surface area contributed by atoms with Crippen molar-refractivity contribution in [3.8, 4) is 0 Å². The molecule has 0 aliphatic carbocycles. The van der Waals surface area contributed by atoms with Gasteiger partial charge < -0.3 is 14.2 Å². The second kappa shape index (κ2) is 52.5. The van der Waals surface area contributed by atoms with Crippen LogP contribution in [-0.4, -0.2) is 37.2 Å². The van der Waals surface area contributed by atoms with Gasteiger partial charge in [-0.25, -0.2) is 0 Å². The lowest BCUT2D eigenvalue weighted by Gasteiger charge is -2.18. The zero-order chi connectivity index (χ0) is 46.5. The van der Waals surface area contributed by atoms with E-state index >= 15 is 0 Å². The van der Waals surface area contributed by atoms with Crippen LogP contribution in [0, 0.1) is 0 Å². The lowest BCUT2D eigenvalue weighted by atomic mass is 10.0. The molecule has 6 heteroatoms. The first-order chi connectivity index (χ1) is 31.5. The van der Waals surface area contributed by atoms with E-state index in [-0.39, 0.29) is 37.5 Å². The maximum Gasteiger partial charge on any atom is 0.306 e. The molecule has 0 bridgehead atoms. The molecule has 0 aromatic carbocycles. The molecular weight excluding hydrogens is 793 g/mol. The van der Waals surface area contributed by atoms with Crippen molar-refractivity contribution in [2.24, 2.45) is 0 Å². The molecule has 0 heterocycles. The number of unbranched alkanes of at least 4 members (excludes halogenated alkanes) is 25. The van der Waals surface area contributed by atoms with Gasteiger partial charge in [0.25, 0.3) is 0 Å². The zero-order valence-electron chi connectivity index (χ0n) is 42.0. The monoisotopic (exact) mass is 893 g/mol. The Labute approximate surface area is 395 Å². The van der Waals surface area contributed by atoms with Crippen molar-refractivity contribution >= 4 is 17.9 Å². The lowest BCUT2D eigenvalue weighted by Crippen LogP contribution is -2.30. The second-order valence-corrected chi connectivity index (χ2v) is 17.8. The topological polar surface area (TPSA) is 78.9 Å². The molecule has 0 aliphatic rings. The van der Waals surface area contributed by atoms with Crippen molar-refractivity contribution in [2.75, 3.05) is 13.2 Å². The van der Waals surface area contributed by atoms with E-state index in [1.165, 1.54) is 109 Å². The van der Waals surface area contributed by atoms with Gasteiger partial charge in [-0.05, 0) is 96.3 Å². The Morgan fingerprint density at radius 3 is 0.922 bits per heavy atom. The van der Waals surface area contributed by atoms with E-state index in [0.29, 0.717) is 12.8 Å². The molecule has 0 rings (SSSR count). The Morgan fingerprint density at radius 1 is 0.312 bits per heavy atom. The highest BCUT2D eigenvalue weighted by Crippen LogP contribution is 2.14. The van der Waals surface area contributed by atoms with Crippen LogP contribution in [0.2, 0.25) is 0 Å². The number of esters is 3. The van der Waals surface area contributed by atoms with Gasteiger partial charge in [-0.2, -0.15) is 0 Å². The largest absolute Gasteiger partial charge is 0.462 e. The Kier molecular flexibility index (Phi) is 49.9. The number of carbonyl (C=O) groups excluding carboxylic acids is 3. The first-order valence-corrected chi connectivity index (χ1v) is 26.9. The Bertz CT molecular complexity index is 1210. The van der Waals surface area contributed by atoms with Gasteiger partial charge in [0.2, 0.25) is 0 Å². The summed E-state index contributed by atoms with van der Waals surface area (Å²) in [4.78, 5) is 38.0. The van der Waals surface area contributed by atoms with Crippen LogP contribution in [0.15, 0.2) is 72.9 Å². The third-order valence-electron chi connectivity index (χ3n) is 11.4. The third kappa shape index (κ3) is 49.9. The summed E-state index contributed by atoms with van der Waals surface area (Å²) in [6.07, 6.45) is 65.9. The fourth-order valence-corrected chi connectivity index (χ4v) is 7.34. The van der Waals surface area contributed by atoms with Gasteiger partial charge in [0.1, 0.15) is 13.2 Å². The minimum absolute atomic E-state index is 0.0914. The van der Waals surface area contributed by atoms with Crippen LogP contribution in [0.25, 0.3) is 0 Å². The van der Waals surface area contributed by atoms with Crippen molar-refractivity contribution in [3.05, 3.63) is 72.9 Å². The van der Waals surface area contributed by atoms with Gasteiger partial charge in [-0.3, -0.25) is 14.4 Å². The van der Waals surface area contributed by atoms with Crippen LogP contribution in [-0.2, 0) is 28.6 Å². The Morgan fingerprint density at radius 2 is 0.562 bits per heavy atom. The SMILES string of the molecule is CCCCC/C=C\C/C=C\C/C=C\C/C=C\CCCCCC(=O)O[C@H](COC(=O)CCCCCCC/C=C\C/C=C\CCCCC)COC(=O)CCCCCCCCCCCCCC. The van der Waals surface area contributed by atoms with Crippen LogP contribution in [0.5, 0.6) is 0 Å². The summed E-state index contributed by atoms with van der Waals surface area (Å²) in [6.45, 7) is 6.55. The van der Waals surface area contributed by atoms with E-state index in [1.54, 1.807) is 0 Å². The van der Waals surface area contributed by atoms with Crippen molar-refractivity contribution < 1.29 is 28.6 Å². The van der Waals surface area contributed by atoms with E-state index in [2.05, 4.69) is 93.7 Å². The molecule has 0 amide bonds. The van der Waals surface area contributed by atoms with E-state index in [0.717, 1.165) is 109 Å². The number of allylic oxidation sites excluding steroid dienone is 12. The lowest BCUT2D eigenvalue weighted by molar-refractivity contribution is -0.167. The fourth-order valence-electron chi connectivity index (χ4n) is 7.34. The summed E-state index contributed by atoms with van der Waals surface area (Å²) in [5.41, 5.74) is 0. The summed E-state index contributed by atoms with van der Waals surface area (Å²) < 4.78 is 16.8. The quantitative estimate of drug-likeness (QED) is 0.0262. The minimum Gasteiger partial charge on any atom is -0.462 e. The summed E-state index contributed by atoms with van der Waals surface area (Å²) in [5.74, 6) is -0.933. The number of carbonyl (C=O) groups is 3. The van der Waals surface area contributed by atoms with Crippen LogP contribution in [0.1, 0.15) is 258 Å². The van der Waals surface area contributed by atoms with E-state index in [9.17, 15) is 14.4 Å². The molecular formula is C58H100O6.